The number of nitrogens with zero attached hydrogens (tertiary/aromatic N) is 10. The number of nitrogens with one attached hydrogen (secondary N) is 1. The second kappa shape index (κ2) is 23.1. The Bertz CT molecular complexity index is 3040. The van der Waals surface area contributed by atoms with Crippen LogP contribution < -0.4 is 15.8 Å². The summed E-state index contributed by atoms with van der Waals surface area (Å²) >= 11 is 1.59. The predicted octanol–water partition coefficient (Wildman–Crippen LogP) is 6.45. The predicted molar refractivity (Wildman–Crippen MR) is 286 cm³/mol. The number of Topliss-reactive ketones (excluding diaryl/α,β-unsaturated/α-hetero) is 1. The molecular formula is C57H65N11O5S. The Morgan fingerprint density at radius 3 is 2.27 bits per heavy atom. The number of piperidine rings is 1. The summed E-state index contributed by atoms with van der Waals surface area (Å²) in [7, 11) is 0. The molecule has 3 atom stereocenters. The van der Waals surface area contributed by atoms with Crippen molar-refractivity contribution in [3.05, 3.63) is 136 Å². The number of benzene rings is 3. The number of thiazole rings is 1. The number of aliphatic hydroxyl groups excluding tert-OH is 1. The normalized spacial score (nSPS) is 18.3. The van der Waals surface area contributed by atoms with Crippen LogP contribution in [0.3, 0.4) is 0 Å². The topological polar surface area (TPSA) is 194 Å². The molecule has 3 aliphatic rings. The van der Waals surface area contributed by atoms with Crippen LogP contribution in [0.25, 0.3) is 33.1 Å². The van der Waals surface area contributed by atoms with Gasteiger partial charge in [0.05, 0.1) is 70.7 Å². The number of nitriles is 1. The molecule has 3 saturated heterocycles. The fourth-order valence-electron chi connectivity index (χ4n) is 10.4. The summed E-state index contributed by atoms with van der Waals surface area (Å²) in [6, 6.07) is 27.5. The van der Waals surface area contributed by atoms with Crippen molar-refractivity contribution >= 4 is 34.6 Å². The van der Waals surface area contributed by atoms with Crippen molar-refractivity contribution in [3.8, 4) is 39.2 Å². The first-order chi connectivity index (χ1) is 35.7. The number of anilines is 1. The van der Waals surface area contributed by atoms with Gasteiger partial charge in [-0.15, -0.1) is 11.3 Å². The number of carbonyl (C=O) groups excluding carboxylic acids is 3. The maximum Gasteiger partial charge on any atom is 0.267 e. The Morgan fingerprint density at radius 2 is 1.57 bits per heavy atom. The van der Waals surface area contributed by atoms with Crippen molar-refractivity contribution in [2.45, 2.75) is 78.6 Å². The Kier molecular flexibility index (Phi) is 16.2. The lowest BCUT2D eigenvalue weighted by Crippen LogP contribution is -2.51. The van der Waals surface area contributed by atoms with Gasteiger partial charge in [-0.3, -0.25) is 24.1 Å². The van der Waals surface area contributed by atoms with Gasteiger partial charge in [0.15, 0.2) is 5.82 Å². The van der Waals surface area contributed by atoms with Crippen LogP contribution in [0.15, 0.2) is 108 Å². The van der Waals surface area contributed by atoms with Crippen molar-refractivity contribution in [2.75, 3.05) is 63.8 Å². The fourth-order valence-corrected chi connectivity index (χ4v) is 11.2. The Labute approximate surface area is 436 Å². The van der Waals surface area contributed by atoms with E-state index in [-0.39, 0.29) is 55.6 Å². The van der Waals surface area contributed by atoms with Crippen LogP contribution in [0, 0.1) is 35.5 Å². The maximum absolute atomic E-state index is 14.3. The molecule has 0 saturated carbocycles. The molecule has 2 amide bonds. The van der Waals surface area contributed by atoms with Gasteiger partial charge in [-0.25, -0.2) is 19.6 Å². The van der Waals surface area contributed by atoms with Crippen molar-refractivity contribution in [3.63, 3.8) is 0 Å². The van der Waals surface area contributed by atoms with Gasteiger partial charge in [-0.1, -0.05) is 75.4 Å². The second-order valence-corrected chi connectivity index (χ2v) is 22.0. The molecule has 0 bridgehead atoms. The average molecular weight is 1020 g/mol. The van der Waals surface area contributed by atoms with Gasteiger partial charge in [-0.2, -0.15) is 10.4 Å². The summed E-state index contributed by atoms with van der Waals surface area (Å²) in [6.45, 7) is 14.9. The summed E-state index contributed by atoms with van der Waals surface area (Å²) in [5, 5.41) is 27.6. The van der Waals surface area contributed by atoms with E-state index in [0.29, 0.717) is 29.5 Å². The van der Waals surface area contributed by atoms with E-state index in [1.807, 2.05) is 100 Å². The largest absolute Gasteiger partial charge is 0.391 e. The van der Waals surface area contributed by atoms with Gasteiger partial charge in [0.2, 0.25) is 11.8 Å². The maximum atomic E-state index is 14.3. The number of likely N-dealkylation sites (tertiary alicyclic amines) is 1. The molecule has 6 aromatic rings. The molecule has 3 aromatic heterocycles. The summed E-state index contributed by atoms with van der Waals surface area (Å²) < 4.78 is 1.43. The van der Waals surface area contributed by atoms with Crippen LogP contribution in [-0.4, -0.2) is 133 Å². The number of aromatic nitrogens is 5. The van der Waals surface area contributed by atoms with E-state index in [1.165, 1.54) is 15.6 Å². The molecule has 9 rings (SSSR count). The molecule has 17 heteroatoms. The first-order valence-electron chi connectivity index (χ1n) is 25.6. The summed E-state index contributed by atoms with van der Waals surface area (Å²) in [5.74, 6) is -0.0300. The molecule has 6 heterocycles. The lowest BCUT2D eigenvalue weighted by Gasteiger charge is -2.39. The zero-order valence-electron chi connectivity index (χ0n) is 42.7. The first-order valence-corrected chi connectivity index (χ1v) is 26.5. The number of aliphatic hydroxyl groups is 1. The number of hydrogen-bond donors (Lipinski definition) is 2. The molecule has 0 unspecified atom stereocenters. The Hall–Kier alpha value is -6.97. The van der Waals surface area contributed by atoms with E-state index in [4.69, 9.17) is 9.97 Å². The van der Waals surface area contributed by atoms with E-state index >= 15 is 0 Å². The minimum absolute atomic E-state index is 0.0107. The third kappa shape index (κ3) is 12.7. The van der Waals surface area contributed by atoms with Crippen LogP contribution in [-0.2, 0) is 27.5 Å². The molecule has 3 aromatic carbocycles. The molecule has 16 nitrogen and oxygen atoms in total. The van der Waals surface area contributed by atoms with Gasteiger partial charge in [-0.05, 0) is 72.1 Å². The van der Waals surface area contributed by atoms with Gasteiger partial charge in [0, 0.05) is 94.9 Å². The summed E-state index contributed by atoms with van der Waals surface area (Å²) in [4.78, 5) is 77.9. The molecule has 0 radical (unpaired) electrons. The van der Waals surface area contributed by atoms with Gasteiger partial charge >= 0.3 is 0 Å². The lowest BCUT2D eigenvalue weighted by molar-refractivity contribution is -0.146. The van der Waals surface area contributed by atoms with Crippen LogP contribution >= 0.6 is 11.3 Å². The van der Waals surface area contributed by atoms with E-state index in [2.05, 4.69) is 36.2 Å². The number of piperazine rings is 1. The van der Waals surface area contributed by atoms with Gasteiger partial charge in [0.25, 0.3) is 5.56 Å². The highest BCUT2D eigenvalue weighted by molar-refractivity contribution is 7.13. The Morgan fingerprint density at radius 1 is 0.851 bits per heavy atom. The minimum atomic E-state index is -0.819. The number of aryl methyl sites for hydroxylation is 1. The van der Waals surface area contributed by atoms with Crippen molar-refractivity contribution in [2.24, 2.45) is 17.3 Å². The van der Waals surface area contributed by atoms with E-state index in [1.54, 1.807) is 35.6 Å². The van der Waals surface area contributed by atoms with Crippen molar-refractivity contribution in [1.29, 1.82) is 5.26 Å². The number of hydrogen-bond acceptors (Lipinski definition) is 14. The Balaban J connectivity index is 0.709. The molecule has 0 spiro atoms. The van der Waals surface area contributed by atoms with Crippen molar-refractivity contribution < 1.29 is 19.5 Å². The van der Waals surface area contributed by atoms with Crippen LogP contribution in [0.1, 0.15) is 68.8 Å². The zero-order valence-corrected chi connectivity index (χ0v) is 43.5. The molecule has 3 aliphatic heterocycles. The molecule has 0 aliphatic carbocycles. The number of amides is 2. The summed E-state index contributed by atoms with van der Waals surface area (Å²) in [6.07, 6.45) is 5.31. The monoisotopic (exact) mass is 1020 g/mol. The quantitative estimate of drug-likeness (QED) is 0.108. The molecule has 384 valence electrons. The first kappa shape index (κ1) is 51.9. The number of carbonyl (C=O) groups is 3. The fraction of sp³-hybridized carbons (Fsp3) is 0.421. The van der Waals surface area contributed by atoms with E-state index in [0.717, 1.165) is 103 Å². The highest BCUT2D eigenvalue weighted by Gasteiger charge is 2.44. The van der Waals surface area contributed by atoms with Crippen molar-refractivity contribution in [1.82, 2.24) is 44.7 Å². The minimum Gasteiger partial charge on any atom is -0.391 e. The van der Waals surface area contributed by atoms with Gasteiger partial charge in [0.1, 0.15) is 11.8 Å². The van der Waals surface area contributed by atoms with Crippen LogP contribution in [0.2, 0.25) is 0 Å². The SMILES string of the molecule is Cc1ncsc1-c1ccc(CNC(=O)[C@@H]2C[C@@H](O)CN2C(=O)[C@@H](CC(=O)CN2CCN(CC3CCN(c4cnc(-c5cccc(Cn6nc(-c7cccc(C#N)c7)ccc6=O)c5)nc4)CC3)CC2)C(C)(C)C)cc1. The third-order valence-corrected chi connectivity index (χ3v) is 15.7. The molecular weight excluding hydrogens is 951 g/mol. The number of ketones is 1. The van der Waals surface area contributed by atoms with Crippen LogP contribution in [0.5, 0.6) is 0 Å². The zero-order chi connectivity index (χ0) is 51.9. The summed E-state index contributed by atoms with van der Waals surface area (Å²) in [5.41, 5.74) is 8.68. The molecule has 3 fully saturated rings. The highest BCUT2D eigenvalue weighted by atomic mass is 32.1. The third-order valence-electron chi connectivity index (χ3n) is 14.7. The number of β-amino-alcohol motifs (C(OH)–C–C–N with tert-alkyl or cyclic N) is 1. The smallest absolute Gasteiger partial charge is 0.267 e. The lowest BCUT2D eigenvalue weighted by atomic mass is 9.76. The molecule has 74 heavy (non-hydrogen) atoms. The van der Waals surface area contributed by atoms with Crippen LogP contribution in [0.4, 0.5) is 5.69 Å². The molecule has 2 N–H and O–H groups in total. The standard InChI is InChI=1S/C57H65N11O5S/c1-38-53(74-37-62-38)43-13-11-39(12-14-43)30-61-55(72)51-28-48(70)36-67(51)56(73)49(57(2,3)4)27-47(69)35-65-23-21-64(22-24-65)33-40-17-19-66(20-18-40)46-31-59-54(60-32-46)45-10-6-8-42(26-45)34-68-52(71)16-15-50(63-68)44-9-5-7-41(25-44)29-58/h5-16,25-26,31-32,37,40,48-49,51,70H,17-24,27-28,30,33-36H2,1-4H3,(H,61,72)/t48-,49-,51+/m1/s1. The number of rotatable bonds is 16. The van der Waals surface area contributed by atoms with Gasteiger partial charge < -0.3 is 25.1 Å². The highest BCUT2D eigenvalue weighted by Crippen LogP contribution is 2.34. The van der Waals surface area contributed by atoms with E-state index in [9.17, 15) is 29.5 Å². The second-order valence-electron chi connectivity index (χ2n) is 21.1. The van der Waals surface area contributed by atoms with E-state index < -0.39 is 23.5 Å². The average Bonchev–Trinajstić information content (AvgIpc) is 4.03.